The summed E-state index contributed by atoms with van der Waals surface area (Å²) in [4.78, 5) is 15.4. The minimum Gasteiger partial charge on any atom is -0.456 e. The molecule has 5 nitrogen and oxygen atoms in total. The van der Waals surface area contributed by atoms with Gasteiger partial charge in [-0.05, 0) is 63.0 Å². The van der Waals surface area contributed by atoms with Crippen LogP contribution >= 0.6 is 0 Å². The van der Waals surface area contributed by atoms with Crippen LogP contribution in [0.4, 0.5) is 0 Å². The second kappa shape index (κ2) is 11.2. The second-order valence-corrected chi connectivity index (χ2v) is 13.1. The van der Waals surface area contributed by atoms with Crippen LogP contribution in [0.5, 0.6) is 0 Å². The van der Waals surface area contributed by atoms with Gasteiger partial charge in [-0.25, -0.2) is 15.0 Å². The van der Waals surface area contributed by atoms with Crippen molar-refractivity contribution in [1.82, 2.24) is 15.0 Å². The Morgan fingerprint density at radius 1 is 0.308 bits per heavy atom. The summed E-state index contributed by atoms with van der Waals surface area (Å²) >= 11 is 0. The molecule has 0 spiro atoms. The van der Waals surface area contributed by atoms with Crippen molar-refractivity contribution >= 4 is 65.4 Å². The van der Waals surface area contributed by atoms with E-state index < -0.39 is 0 Å². The van der Waals surface area contributed by atoms with E-state index >= 15 is 0 Å². The molecule has 0 bridgehead atoms. The van der Waals surface area contributed by atoms with Crippen molar-refractivity contribution in [3.8, 4) is 45.3 Å². The summed E-state index contributed by atoms with van der Waals surface area (Å²) in [7, 11) is 0. The largest absolute Gasteiger partial charge is 0.456 e. The number of fused-ring (bicyclic) bond motifs is 8. The van der Waals surface area contributed by atoms with Crippen molar-refractivity contribution < 1.29 is 8.83 Å². The fourth-order valence-electron chi connectivity index (χ4n) is 7.77. The van der Waals surface area contributed by atoms with Gasteiger partial charge in [-0.3, -0.25) is 0 Å². The molecular weight excluding hydrogens is 639 g/mol. The summed E-state index contributed by atoms with van der Waals surface area (Å²) in [6, 6.07) is 56.3. The molecule has 5 heteroatoms. The van der Waals surface area contributed by atoms with Crippen LogP contribution in [-0.4, -0.2) is 15.0 Å². The van der Waals surface area contributed by atoms with Crippen molar-refractivity contribution in [3.63, 3.8) is 0 Å². The zero-order valence-corrected chi connectivity index (χ0v) is 27.7. The molecule has 0 amide bonds. The van der Waals surface area contributed by atoms with Crippen LogP contribution in [0.2, 0.25) is 0 Å². The van der Waals surface area contributed by atoms with E-state index in [1.165, 1.54) is 5.39 Å². The van der Waals surface area contributed by atoms with Gasteiger partial charge in [0.25, 0.3) is 0 Å². The summed E-state index contributed by atoms with van der Waals surface area (Å²) in [6.07, 6.45) is 0. The molecule has 52 heavy (non-hydrogen) atoms. The van der Waals surface area contributed by atoms with Crippen molar-refractivity contribution in [2.75, 3.05) is 0 Å². The molecule has 0 saturated heterocycles. The minimum absolute atomic E-state index is 0.595. The van der Waals surface area contributed by atoms with Gasteiger partial charge in [-0.2, -0.15) is 0 Å². The average molecular weight is 666 g/mol. The van der Waals surface area contributed by atoms with Crippen LogP contribution in [0.15, 0.2) is 173 Å². The molecule has 0 radical (unpaired) electrons. The number of furan rings is 2. The van der Waals surface area contributed by atoms with Crippen molar-refractivity contribution in [2.24, 2.45) is 0 Å². The monoisotopic (exact) mass is 665 g/mol. The number of para-hydroxylation sites is 2. The first-order valence-corrected chi connectivity index (χ1v) is 17.4. The van der Waals surface area contributed by atoms with Crippen LogP contribution in [0.1, 0.15) is 0 Å². The zero-order valence-electron chi connectivity index (χ0n) is 27.7. The Morgan fingerprint density at radius 2 is 0.846 bits per heavy atom. The molecule has 0 atom stereocenters. The average Bonchev–Trinajstić information content (AvgIpc) is 3.77. The highest BCUT2D eigenvalue weighted by atomic mass is 16.3. The third kappa shape index (κ3) is 4.39. The topological polar surface area (TPSA) is 65.0 Å². The Kier molecular flexibility index (Phi) is 6.18. The maximum atomic E-state index is 6.33. The highest BCUT2D eigenvalue weighted by Gasteiger charge is 2.19. The fourth-order valence-corrected chi connectivity index (χ4v) is 7.77. The Labute approximate surface area is 297 Å². The Morgan fingerprint density at radius 3 is 1.67 bits per heavy atom. The van der Waals surface area contributed by atoms with Crippen LogP contribution in [0, 0.1) is 0 Å². The lowest BCUT2D eigenvalue weighted by Crippen LogP contribution is -2.01. The van der Waals surface area contributed by atoms with Gasteiger partial charge in [0, 0.05) is 38.2 Å². The lowest BCUT2D eigenvalue weighted by Gasteiger charge is -2.14. The molecule has 0 saturated carbocycles. The highest BCUT2D eigenvalue weighted by molar-refractivity contribution is 6.15. The lowest BCUT2D eigenvalue weighted by atomic mass is 9.92. The molecule has 0 unspecified atom stereocenters. The van der Waals surface area contributed by atoms with E-state index in [1.54, 1.807) is 0 Å². The first-order valence-electron chi connectivity index (χ1n) is 17.4. The number of hydrogen-bond acceptors (Lipinski definition) is 5. The van der Waals surface area contributed by atoms with E-state index in [1.807, 2.05) is 72.8 Å². The van der Waals surface area contributed by atoms with Gasteiger partial charge in [-0.15, -0.1) is 0 Å². The third-order valence-corrected chi connectivity index (χ3v) is 10.1. The molecule has 3 heterocycles. The van der Waals surface area contributed by atoms with Gasteiger partial charge in [0.05, 0.1) is 0 Å². The van der Waals surface area contributed by atoms with Crippen molar-refractivity contribution in [3.05, 3.63) is 164 Å². The Balaban J connectivity index is 1.14. The van der Waals surface area contributed by atoms with Crippen LogP contribution in [0.3, 0.4) is 0 Å². The summed E-state index contributed by atoms with van der Waals surface area (Å²) in [5.41, 5.74) is 8.44. The van der Waals surface area contributed by atoms with E-state index in [2.05, 4.69) is 91.0 Å². The van der Waals surface area contributed by atoms with E-state index in [0.717, 1.165) is 87.9 Å². The molecule has 0 aliphatic rings. The third-order valence-electron chi connectivity index (χ3n) is 10.1. The van der Waals surface area contributed by atoms with E-state index in [0.29, 0.717) is 17.5 Å². The molecule has 8 aromatic carbocycles. The summed E-state index contributed by atoms with van der Waals surface area (Å²) in [6.45, 7) is 0. The molecule has 242 valence electrons. The molecule has 0 aliphatic carbocycles. The van der Waals surface area contributed by atoms with E-state index in [4.69, 9.17) is 23.8 Å². The smallest absolute Gasteiger partial charge is 0.164 e. The molecule has 3 aromatic heterocycles. The van der Waals surface area contributed by atoms with Gasteiger partial charge in [0.2, 0.25) is 0 Å². The number of nitrogens with zero attached hydrogens (tertiary/aromatic N) is 3. The van der Waals surface area contributed by atoms with Gasteiger partial charge >= 0.3 is 0 Å². The molecular formula is C47H27N3O2. The SMILES string of the molecule is c1ccc(-c2nc(-c3cccc4c(-c5cccc6cc7c(cc56)oc5ccccc57)cccc34)nc(-c3cccc4oc5ccccc5c34)n2)cc1. The summed E-state index contributed by atoms with van der Waals surface area (Å²) in [5, 5.41) is 8.75. The first kappa shape index (κ1) is 28.7. The molecule has 0 aliphatic heterocycles. The van der Waals surface area contributed by atoms with Crippen LogP contribution in [0.25, 0.3) is 111 Å². The van der Waals surface area contributed by atoms with Crippen molar-refractivity contribution in [1.29, 1.82) is 0 Å². The Bertz CT molecular complexity index is 3190. The normalized spacial score (nSPS) is 11.8. The molecule has 0 N–H and O–H groups in total. The highest BCUT2D eigenvalue weighted by Crippen LogP contribution is 2.41. The zero-order chi connectivity index (χ0) is 34.2. The quantitative estimate of drug-likeness (QED) is 0.187. The Hall–Kier alpha value is -7.11. The number of hydrogen-bond donors (Lipinski definition) is 0. The predicted molar refractivity (Wildman–Crippen MR) is 211 cm³/mol. The van der Waals surface area contributed by atoms with Gasteiger partial charge in [0.1, 0.15) is 22.3 Å². The van der Waals surface area contributed by atoms with Gasteiger partial charge < -0.3 is 8.83 Å². The maximum absolute atomic E-state index is 6.33. The molecule has 11 rings (SSSR count). The van der Waals surface area contributed by atoms with Gasteiger partial charge in [-0.1, -0.05) is 133 Å². The van der Waals surface area contributed by atoms with E-state index in [9.17, 15) is 0 Å². The maximum Gasteiger partial charge on any atom is 0.164 e. The fraction of sp³-hybridized carbons (Fsp3) is 0. The second-order valence-electron chi connectivity index (χ2n) is 13.1. The van der Waals surface area contributed by atoms with E-state index in [-0.39, 0.29) is 0 Å². The lowest BCUT2D eigenvalue weighted by molar-refractivity contribution is 0.669. The number of benzene rings is 8. The van der Waals surface area contributed by atoms with Crippen LogP contribution < -0.4 is 0 Å². The summed E-state index contributed by atoms with van der Waals surface area (Å²) < 4.78 is 12.6. The standard InChI is InChI=1S/C47H27N3O2/c1-2-12-28(13-3-1)45-48-46(50-47(49-45)37-22-11-25-42-44(37)36-16-5-7-24-41(36)51-42)35-21-10-19-30-31(18-9-20-32(30)35)33-17-8-14-29-26-39-34-15-4-6-23-40(34)52-43(39)27-38(29)33/h1-27H. The number of rotatable bonds is 4. The van der Waals surface area contributed by atoms with Gasteiger partial charge in [0.15, 0.2) is 17.5 Å². The van der Waals surface area contributed by atoms with Crippen molar-refractivity contribution in [2.45, 2.75) is 0 Å². The first-order chi connectivity index (χ1) is 25.8. The van der Waals surface area contributed by atoms with Crippen LogP contribution in [-0.2, 0) is 0 Å². The molecule has 0 fully saturated rings. The predicted octanol–water partition coefficient (Wildman–Crippen LogP) is 12.6. The molecule has 11 aromatic rings. The number of aromatic nitrogens is 3. The minimum atomic E-state index is 0.595. The summed E-state index contributed by atoms with van der Waals surface area (Å²) in [5.74, 6) is 1.82.